The summed E-state index contributed by atoms with van der Waals surface area (Å²) in [5.41, 5.74) is 2.97. The van der Waals surface area contributed by atoms with Crippen molar-refractivity contribution in [3.63, 3.8) is 0 Å². The van der Waals surface area contributed by atoms with E-state index >= 15 is 0 Å². The first kappa shape index (κ1) is 25.0. The molecule has 4 rings (SSSR count). The molecule has 10 heteroatoms. The lowest BCUT2D eigenvalue weighted by Crippen LogP contribution is -2.52. The zero-order chi connectivity index (χ0) is 25.5. The Morgan fingerprint density at radius 2 is 1.69 bits per heavy atom. The van der Waals surface area contributed by atoms with Crippen LogP contribution in [-0.4, -0.2) is 26.3 Å². The van der Waals surface area contributed by atoms with Crippen molar-refractivity contribution < 1.29 is 18.0 Å². The summed E-state index contributed by atoms with van der Waals surface area (Å²) in [6.45, 7) is 5.31. The number of hydrogen-bond donors (Lipinski definition) is 2. The number of para-hydroxylation sites is 2. The van der Waals surface area contributed by atoms with Crippen LogP contribution in [0.1, 0.15) is 23.1 Å². The van der Waals surface area contributed by atoms with E-state index in [4.69, 9.17) is 23.2 Å². The van der Waals surface area contributed by atoms with Crippen LogP contribution in [0.15, 0.2) is 59.5 Å². The van der Waals surface area contributed by atoms with Crippen LogP contribution in [0.25, 0.3) is 0 Å². The molecule has 7 nitrogen and oxygen atoms in total. The van der Waals surface area contributed by atoms with Gasteiger partial charge in [0.25, 0.3) is 10.0 Å². The highest BCUT2D eigenvalue weighted by molar-refractivity contribution is 7.93. The molecular weight excluding hydrogens is 509 g/mol. The van der Waals surface area contributed by atoms with Gasteiger partial charge in [0.05, 0.1) is 33.4 Å². The molecule has 0 saturated carbocycles. The van der Waals surface area contributed by atoms with Crippen molar-refractivity contribution >= 4 is 62.1 Å². The van der Waals surface area contributed by atoms with E-state index in [-0.39, 0.29) is 15.6 Å². The zero-order valence-corrected chi connectivity index (χ0v) is 21.6. The van der Waals surface area contributed by atoms with Crippen molar-refractivity contribution in [3.05, 3.63) is 81.3 Å². The van der Waals surface area contributed by atoms with Crippen molar-refractivity contribution in [1.82, 2.24) is 0 Å². The summed E-state index contributed by atoms with van der Waals surface area (Å²) in [6, 6.07) is 13.4. The van der Waals surface area contributed by atoms with Crippen molar-refractivity contribution in [2.45, 2.75) is 38.1 Å². The maximum atomic E-state index is 14.1. The van der Waals surface area contributed by atoms with Gasteiger partial charge < -0.3 is 10.6 Å². The minimum atomic E-state index is -4.22. The van der Waals surface area contributed by atoms with Gasteiger partial charge in [0, 0.05) is 5.02 Å². The molecule has 1 atom stereocenters. The van der Waals surface area contributed by atoms with E-state index in [0.717, 1.165) is 9.87 Å². The number of nitrogens with one attached hydrogen (secondary N) is 2. The third kappa shape index (κ3) is 4.87. The fraction of sp³-hybridized carbons (Fsp3) is 0.200. The van der Waals surface area contributed by atoms with Crippen LogP contribution < -0.4 is 14.9 Å². The summed E-state index contributed by atoms with van der Waals surface area (Å²) in [7, 11) is -4.22. The number of rotatable bonds is 5. The SMILES string of the molecule is Cc1cc(C)c(S(=O)(=O)N2c3ccccc3NC(=O)C2CC(=O)Nc2ccc(Cl)cc2Cl)c(C)c1. The topological polar surface area (TPSA) is 95.6 Å². The van der Waals surface area contributed by atoms with E-state index < -0.39 is 34.3 Å². The van der Waals surface area contributed by atoms with Crippen LogP contribution in [0.4, 0.5) is 17.1 Å². The number of nitrogens with zero attached hydrogens (tertiary/aromatic N) is 1. The number of amides is 2. The van der Waals surface area contributed by atoms with Crippen molar-refractivity contribution in [2.75, 3.05) is 14.9 Å². The molecule has 0 aliphatic carbocycles. The van der Waals surface area contributed by atoms with Gasteiger partial charge in [-0.25, -0.2) is 8.42 Å². The van der Waals surface area contributed by atoms with Gasteiger partial charge in [-0.2, -0.15) is 0 Å². The number of halogens is 2. The molecule has 0 spiro atoms. The summed E-state index contributed by atoms with van der Waals surface area (Å²) < 4.78 is 29.2. The van der Waals surface area contributed by atoms with Crippen molar-refractivity contribution in [3.8, 4) is 0 Å². The highest BCUT2D eigenvalue weighted by Crippen LogP contribution is 2.39. The second-order valence-electron chi connectivity index (χ2n) is 8.43. The van der Waals surface area contributed by atoms with Gasteiger partial charge in [0.1, 0.15) is 6.04 Å². The molecule has 0 saturated heterocycles. The lowest BCUT2D eigenvalue weighted by atomic mass is 10.1. The Bertz CT molecular complexity index is 1430. The molecular formula is C25H23Cl2N3O4S. The van der Waals surface area contributed by atoms with Gasteiger partial charge in [-0.3, -0.25) is 13.9 Å². The Morgan fingerprint density at radius 1 is 1.03 bits per heavy atom. The molecule has 182 valence electrons. The van der Waals surface area contributed by atoms with Gasteiger partial charge in [-0.15, -0.1) is 0 Å². The lowest BCUT2D eigenvalue weighted by molar-refractivity contribution is -0.122. The van der Waals surface area contributed by atoms with Crippen LogP contribution in [0, 0.1) is 20.8 Å². The molecule has 3 aromatic rings. The minimum Gasteiger partial charge on any atom is -0.325 e. The minimum absolute atomic E-state index is 0.110. The maximum absolute atomic E-state index is 14.1. The molecule has 0 aromatic heterocycles. The number of fused-ring (bicyclic) bond motifs is 1. The predicted molar refractivity (Wildman–Crippen MR) is 139 cm³/mol. The van der Waals surface area contributed by atoms with Gasteiger partial charge in [0.15, 0.2) is 0 Å². The first-order valence-corrected chi connectivity index (χ1v) is 13.0. The second kappa shape index (κ2) is 9.53. The van der Waals surface area contributed by atoms with Crippen LogP contribution >= 0.6 is 23.2 Å². The number of benzene rings is 3. The molecule has 3 aromatic carbocycles. The Balaban J connectivity index is 1.77. The number of sulfonamides is 1. The second-order valence-corrected chi connectivity index (χ2v) is 11.0. The smallest absolute Gasteiger partial charge is 0.265 e. The monoisotopic (exact) mass is 531 g/mol. The van der Waals surface area contributed by atoms with Crippen molar-refractivity contribution in [2.24, 2.45) is 0 Å². The fourth-order valence-electron chi connectivity index (χ4n) is 4.37. The number of carbonyl (C=O) groups is 2. The summed E-state index contributed by atoms with van der Waals surface area (Å²) in [4.78, 5) is 26.2. The molecule has 1 heterocycles. The number of aryl methyl sites for hydroxylation is 3. The number of carbonyl (C=O) groups excluding carboxylic acids is 2. The highest BCUT2D eigenvalue weighted by Gasteiger charge is 2.43. The number of anilines is 3. The highest BCUT2D eigenvalue weighted by atomic mass is 35.5. The molecule has 1 aliphatic heterocycles. The lowest BCUT2D eigenvalue weighted by Gasteiger charge is -2.37. The van der Waals surface area contributed by atoms with E-state index in [0.29, 0.717) is 27.5 Å². The van der Waals surface area contributed by atoms with Crippen LogP contribution in [-0.2, 0) is 19.6 Å². The zero-order valence-electron chi connectivity index (χ0n) is 19.2. The van der Waals surface area contributed by atoms with E-state index in [2.05, 4.69) is 10.6 Å². The maximum Gasteiger partial charge on any atom is 0.265 e. The quantitative estimate of drug-likeness (QED) is 0.456. The Labute approximate surface area is 214 Å². The van der Waals surface area contributed by atoms with Crippen molar-refractivity contribution in [1.29, 1.82) is 0 Å². The molecule has 1 aliphatic rings. The first-order valence-electron chi connectivity index (χ1n) is 10.8. The first-order chi connectivity index (χ1) is 16.5. The van der Waals surface area contributed by atoms with Gasteiger partial charge in [-0.1, -0.05) is 53.0 Å². The van der Waals surface area contributed by atoms with Crippen LogP contribution in [0.3, 0.4) is 0 Å². The molecule has 2 amide bonds. The molecule has 0 bridgehead atoms. The average molecular weight is 532 g/mol. The molecule has 1 unspecified atom stereocenters. The van der Waals surface area contributed by atoms with E-state index in [9.17, 15) is 18.0 Å². The summed E-state index contributed by atoms with van der Waals surface area (Å²) >= 11 is 12.1. The predicted octanol–water partition coefficient (Wildman–Crippen LogP) is 5.46. The van der Waals surface area contributed by atoms with Gasteiger partial charge in [0.2, 0.25) is 11.8 Å². The van der Waals surface area contributed by atoms with E-state index in [1.807, 2.05) is 6.92 Å². The molecule has 35 heavy (non-hydrogen) atoms. The third-order valence-corrected chi connectivity index (χ3v) is 8.37. The summed E-state index contributed by atoms with van der Waals surface area (Å²) in [5, 5.41) is 5.98. The van der Waals surface area contributed by atoms with E-state index in [1.54, 1.807) is 56.3 Å². The average Bonchev–Trinajstić information content (AvgIpc) is 2.75. The Kier molecular flexibility index (Phi) is 6.81. The number of hydrogen-bond acceptors (Lipinski definition) is 4. The molecule has 2 N–H and O–H groups in total. The normalized spacial score (nSPS) is 15.4. The van der Waals surface area contributed by atoms with Gasteiger partial charge in [-0.05, 0) is 62.2 Å². The van der Waals surface area contributed by atoms with E-state index in [1.165, 1.54) is 12.1 Å². The van der Waals surface area contributed by atoms with Gasteiger partial charge >= 0.3 is 0 Å². The third-order valence-electron chi connectivity index (χ3n) is 5.69. The van der Waals surface area contributed by atoms with Crippen LogP contribution in [0.2, 0.25) is 10.0 Å². The molecule has 0 fully saturated rings. The Morgan fingerprint density at radius 3 is 2.34 bits per heavy atom. The molecule has 0 radical (unpaired) electrons. The largest absolute Gasteiger partial charge is 0.325 e. The summed E-state index contributed by atoms with van der Waals surface area (Å²) in [6.07, 6.45) is -0.428. The summed E-state index contributed by atoms with van der Waals surface area (Å²) in [5.74, 6) is -1.18. The Hall–Kier alpha value is -3.07. The fourth-order valence-corrected chi connectivity index (χ4v) is 6.88. The standard InChI is InChI=1S/C25H23Cl2N3O4S/c1-14-10-15(2)24(16(3)11-14)35(33,34)30-21-7-5-4-6-20(21)29-25(32)22(30)13-23(31)28-19-9-8-17(26)12-18(19)27/h4-12,22H,13H2,1-3H3,(H,28,31)(H,29,32). The van der Waals surface area contributed by atoms with Crippen LogP contribution in [0.5, 0.6) is 0 Å².